The lowest BCUT2D eigenvalue weighted by atomic mass is 10.0. The van der Waals surface area contributed by atoms with Gasteiger partial charge in [0.1, 0.15) is 0 Å². The molecule has 3 rings (SSSR count). The van der Waals surface area contributed by atoms with Gasteiger partial charge in [-0.3, -0.25) is 4.79 Å². The van der Waals surface area contributed by atoms with Crippen LogP contribution >= 0.6 is 11.3 Å². The fourth-order valence-electron chi connectivity index (χ4n) is 2.19. The first-order valence-corrected chi connectivity index (χ1v) is 6.46. The summed E-state index contributed by atoms with van der Waals surface area (Å²) in [6, 6.07) is 8.40. The molecule has 0 N–H and O–H groups in total. The van der Waals surface area contributed by atoms with Crippen molar-refractivity contribution in [3.05, 3.63) is 40.9 Å². The molecule has 0 atom stereocenters. The smallest absolute Gasteiger partial charge is 0.190 e. The topological polar surface area (TPSA) is 33.2 Å². The van der Waals surface area contributed by atoms with Crippen LogP contribution in [0.3, 0.4) is 0 Å². The molecule has 1 aliphatic heterocycles. The van der Waals surface area contributed by atoms with Gasteiger partial charge in [-0.15, -0.1) is 0 Å². The Labute approximate surface area is 104 Å². The highest BCUT2D eigenvalue weighted by Crippen LogP contribution is 2.34. The largest absolute Gasteiger partial charge is 0.318 e. The summed E-state index contributed by atoms with van der Waals surface area (Å²) in [5, 5.41) is 0.916. The second kappa shape index (κ2) is 4.30. The lowest BCUT2D eigenvalue weighted by Crippen LogP contribution is -2.24. The maximum absolute atomic E-state index is 10.7. The van der Waals surface area contributed by atoms with Crippen LogP contribution in [0.4, 0.5) is 10.8 Å². The lowest BCUT2D eigenvalue weighted by Gasteiger charge is -2.28. The number of aldehydes is 1. The third-order valence-corrected chi connectivity index (χ3v) is 3.91. The number of benzene rings is 1. The van der Waals surface area contributed by atoms with E-state index in [0.29, 0.717) is 4.88 Å². The minimum absolute atomic E-state index is 0.683. The quantitative estimate of drug-likeness (QED) is 0.761. The fourth-order valence-corrected chi connectivity index (χ4v) is 2.96. The number of para-hydroxylation sites is 1. The van der Waals surface area contributed by atoms with E-state index in [1.807, 2.05) is 6.07 Å². The molecular formula is C13H12N2OS. The van der Waals surface area contributed by atoms with Crippen molar-refractivity contribution in [2.45, 2.75) is 12.8 Å². The molecule has 0 amide bonds. The molecule has 0 fully saturated rings. The minimum Gasteiger partial charge on any atom is -0.318 e. The first kappa shape index (κ1) is 10.5. The zero-order valence-electron chi connectivity index (χ0n) is 9.30. The van der Waals surface area contributed by atoms with E-state index in [-0.39, 0.29) is 0 Å². The van der Waals surface area contributed by atoms with Crippen molar-refractivity contribution in [1.29, 1.82) is 0 Å². The number of thiazole rings is 1. The van der Waals surface area contributed by atoms with Gasteiger partial charge >= 0.3 is 0 Å². The van der Waals surface area contributed by atoms with Crippen LogP contribution in [0, 0.1) is 0 Å². The van der Waals surface area contributed by atoms with Crippen LogP contribution in [-0.2, 0) is 6.42 Å². The molecule has 0 saturated heterocycles. The van der Waals surface area contributed by atoms with Gasteiger partial charge in [-0.25, -0.2) is 4.98 Å². The van der Waals surface area contributed by atoms with Crippen molar-refractivity contribution in [1.82, 2.24) is 4.98 Å². The first-order valence-electron chi connectivity index (χ1n) is 5.65. The van der Waals surface area contributed by atoms with Gasteiger partial charge in [-0.1, -0.05) is 29.5 Å². The number of rotatable bonds is 2. The number of fused-ring (bicyclic) bond motifs is 1. The molecule has 2 aromatic rings. The average Bonchev–Trinajstić information content (AvgIpc) is 2.87. The number of hydrogen-bond donors (Lipinski definition) is 0. The molecule has 1 aromatic heterocycles. The van der Waals surface area contributed by atoms with Crippen LogP contribution in [0.1, 0.15) is 21.7 Å². The van der Waals surface area contributed by atoms with Crippen molar-refractivity contribution in [2.75, 3.05) is 11.4 Å². The number of aryl methyl sites for hydroxylation is 1. The molecule has 1 aliphatic rings. The molecule has 2 heterocycles. The van der Waals surface area contributed by atoms with E-state index < -0.39 is 0 Å². The fraction of sp³-hybridized carbons (Fsp3) is 0.231. The summed E-state index contributed by atoms with van der Waals surface area (Å²) >= 11 is 1.45. The van der Waals surface area contributed by atoms with Gasteiger partial charge in [0.25, 0.3) is 0 Å². The maximum atomic E-state index is 10.7. The van der Waals surface area contributed by atoms with Gasteiger partial charge in [0, 0.05) is 12.2 Å². The summed E-state index contributed by atoms with van der Waals surface area (Å²) in [6.45, 7) is 0.975. The van der Waals surface area contributed by atoms with Crippen LogP contribution in [0.2, 0.25) is 0 Å². The first-order chi connectivity index (χ1) is 8.38. The van der Waals surface area contributed by atoms with Crippen LogP contribution in [-0.4, -0.2) is 17.8 Å². The number of carbonyl (C=O) groups is 1. The highest BCUT2D eigenvalue weighted by atomic mass is 32.1. The van der Waals surface area contributed by atoms with Gasteiger partial charge in [0.05, 0.1) is 11.1 Å². The van der Waals surface area contributed by atoms with Gasteiger partial charge in [0.2, 0.25) is 0 Å². The molecule has 0 saturated carbocycles. The van der Waals surface area contributed by atoms with Crippen molar-refractivity contribution >= 4 is 28.4 Å². The Morgan fingerprint density at radius 1 is 1.35 bits per heavy atom. The van der Waals surface area contributed by atoms with Crippen LogP contribution in [0.15, 0.2) is 30.5 Å². The predicted octanol–water partition coefficient (Wildman–Crippen LogP) is 3.04. The molecule has 4 heteroatoms. The normalized spacial score (nSPS) is 14.5. The highest BCUT2D eigenvalue weighted by Gasteiger charge is 2.19. The number of anilines is 2. The second-order valence-electron chi connectivity index (χ2n) is 4.05. The van der Waals surface area contributed by atoms with Gasteiger partial charge in [-0.2, -0.15) is 0 Å². The molecule has 17 heavy (non-hydrogen) atoms. The third kappa shape index (κ3) is 1.85. The van der Waals surface area contributed by atoms with Crippen molar-refractivity contribution in [3.63, 3.8) is 0 Å². The van der Waals surface area contributed by atoms with Crippen LogP contribution in [0.5, 0.6) is 0 Å². The van der Waals surface area contributed by atoms with Crippen LogP contribution < -0.4 is 4.90 Å². The number of carbonyl (C=O) groups excluding carboxylic acids is 1. The zero-order chi connectivity index (χ0) is 11.7. The van der Waals surface area contributed by atoms with Crippen molar-refractivity contribution in [2.24, 2.45) is 0 Å². The lowest BCUT2D eigenvalue weighted by molar-refractivity contribution is 0.112. The molecule has 0 bridgehead atoms. The summed E-state index contributed by atoms with van der Waals surface area (Å²) in [6.07, 6.45) is 4.76. The summed E-state index contributed by atoms with van der Waals surface area (Å²) in [5.74, 6) is 0. The number of nitrogens with zero attached hydrogens (tertiary/aromatic N) is 2. The Morgan fingerprint density at radius 3 is 3.06 bits per heavy atom. The Morgan fingerprint density at radius 2 is 2.24 bits per heavy atom. The van der Waals surface area contributed by atoms with Gasteiger partial charge in [0.15, 0.2) is 11.4 Å². The highest BCUT2D eigenvalue weighted by molar-refractivity contribution is 7.17. The Bertz CT molecular complexity index is 550. The third-order valence-electron chi connectivity index (χ3n) is 2.97. The number of hydrogen-bond acceptors (Lipinski definition) is 4. The van der Waals surface area contributed by atoms with Gasteiger partial charge < -0.3 is 4.90 Å². The SMILES string of the molecule is O=Cc1cnc(N2CCCc3ccccc32)s1. The monoisotopic (exact) mass is 244 g/mol. The van der Waals surface area contributed by atoms with E-state index >= 15 is 0 Å². The molecule has 1 aromatic carbocycles. The van der Waals surface area contributed by atoms with E-state index in [4.69, 9.17) is 0 Å². The van der Waals surface area contributed by atoms with Crippen LogP contribution in [0.25, 0.3) is 0 Å². The molecule has 86 valence electrons. The van der Waals surface area contributed by atoms with E-state index in [1.165, 1.54) is 22.6 Å². The molecule has 0 radical (unpaired) electrons. The number of aromatic nitrogens is 1. The molecular weight excluding hydrogens is 232 g/mol. The molecule has 0 unspecified atom stereocenters. The summed E-state index contributed by atoms with van der Waals surface area (Å²) in [5.41, 5.74) is 2.59. The maximum Gasteiger partial charge on any atom is 0.190 e. The van der Waals surface area contributed by atoms with Crippen molar-refractivity contribution < 1.29 is 4.79 Å². The predicted molar refractivity (Wildman–Crippen MR) is 69.3 cm³/mol. The van der Waals surface area contributed by atoms with Crippen molar-refractivity contribution in [3.8, 4) is 0 Å². The molecule has 0 aliphatic carbocycles. The van der Waals surface area contributed by atoms with E-state index in [0.717, 1.165) is 30.8 Å². The average molecular weight is 244 g/mol. The zero-order valence-corrected chi connectivity index (χ0v) is 10.1. The Hall–Kier alpha value is -1.68. The minimum atomic E-state index is 0.683. The van der Waals surface area contributed by atoms with E-state index in [1.54, 1.807) is 6.20 Å². The Balaban J connectivity index is 2.02. The van der Waals surface area contributed by atoms with E-state index in [9.17, 15) is 4.79 Å². The summed E-state index contributed by atoms with van der Waals surface area (Å²) in [4.78, 5) is 17.9. The van der Waals surface area contributed by atoms with Gasteiger partial charge in [-0.05, 0) is 24.5 Å². The summed E-state index contributed by atoms with van der Waals surface area (Å²) in [7, 11) is 0. The molecule has 3 nitrogen and oxygen atoms in total. The summed E-state index contributed by atoms with van der Waals surface area (Å²) < 4.78 is 0. The van der Waals surface area contributed by atoms with E-state index in [2.05, 4.69) is 28.1 Å². The Kier molecular flexibility index (Phi) is 2.65. The molecule has 0 spiro atoms. The second-order valence-corrected chi connectivity index (χ2v) is 5.09. The standard InChI is InChI=1S/C13H12N2OS/c16-9-11-8-14-13(17-11)15-7-3-5-10-4-1-2-6-12(10)15/h1-2,4,6,8-9H,3,5,7H2.